The number of ether oxygens (including phenoxy) is 1. The average Bonchev–Trinajstić information content (AvgIpc) is 2.75. The number of methoxy groups -OCH3 is 1. The molecule has 3 aromatic carbocycles. The van der Waals surface area contributed by atoms with E-state index < -0.39 is 16.1 Å². The minimum Gasteiger partial charge on any atom is -0.497 e. The number of nitrogens with one attached hydrogen (secondary N) is 2. The molecule has 2 N–H and O–H groups in total. The van der Waals surface area contributed by atoms with E-state index >= 15 is 0 Å². The fourth-order valence-corrected chi connectivity index (χ4v) is 4.48. The molecule has 0 heterocycles. The van der Waals surface area contributed by atoms with E-state index in [1.54, 1.807) is 39.2 Å². The van der Waals surface area contributed by atoms with E-state index in [0.29, 0.717) is 6.54 Å². The van der Waals surface area contributed by atoms with Crippen LogP contribution in [0.2, 0.25) is 0 Å². The Bertz CT molecular complexity index is 1130. The molecule has 3 rings (SSSR count). The maximum Gasteiger partial charge on any atom is 0.241 e. The Kier molecular flexibility index (Phi) is 6.74. The van der Waals surface area contributed by atoms with Crippen molar-refractivity contribution in [2.24, 2.45) is 5.92 Å². The van der Waals surface area contributed by atoms with Crippen LogP contribution in [0.1, 0.15) is 19.4 Å². The van der Waals surface area contributed by atoms with Crippen LogP contribution in [-0.2, 0) is 21.4 Å². The van der Waals surface area contributed by atoms with Crippen LogP contribution in [0.5, 0.6) is 5.75 Å². The van der Waals surface area contributed by atoms with Gasteiger partial charge in [-0.25, -0.2) is 8.42 Å². The summed E-state index contributed by atoms with van der Waals surface area (Å²) in [6, 6.07) is 18.9. The van der Waals surface area contributed by atoms with E-state index in [1.165, 1.54) is 0 Å². The topological polar surface area (TPSA) is 84.5 Å². The molecule has 0 saturated heterocycles. The Balaban J connectivity index is 1.73. The standard InChI is InChI=1S/C23H26N2O4S/c1-16(2)22(23(26)24-15-17-8-11-20(29-3)12-9-17)25-30(27,28)21-13-10-18-6-4-5-7-19(18)14-21/h4-14,16,22,25H,15H2,1-3H3,(H,24,26). The zero-order valence-corrected chi connectivity index (χ0v) is 18.1. The molecule has 0 fully saturated rings. The first-order valence-corrected chi connectivity index (χ1v) is 11.2. The Morgan fingerprint density at radius 1 is 0.967 bits per heavy atom. The number of hydrogen-bond donors (Lipinski definition) is 2. The van der Waals surface area contributed by atoms with Gasteiger partial charge in [0.2, 0.25) is 15.9 Å². The van der Waals surface area contributed by atoms with Crippen molar-refractivity contribution in [3.63, 3.8) is 0 Å². The van der Waals surface area contributed by atoms with Gasteiger partial charge in [-0.2, -0.15) is 4.72 Å². The van der Waals surface area contributed by atoms with Gasteiger partial charge in [0, 0.05) is 6.54 Å². The van der Waals surface area contributed by atoms with Gasteiger partial charge in [-0.1, -0.05) is 56.3 Å². The van der Waals surface area contributed by atoms with Gasteiger partial charge in [-0.05, 0) is 46.5 Å². The minimum absolute atomic E-state index is 0.134. The maximum atomic E-state index is 12.9. The number of carbonyl (C=O) groups is 1. The van der Waals surface area contributed by atoms with Crippen LogP contribution in [0.3, 0.4) is 0 Å². The summed E-state index contributed by atoms with van der Waals surface area (Å²) in [6.45, 7) is 3.91. The van der Waals surface area contributed by atoms with Gasteiger partial charge in [0.25, 0.3) is 0 Å². The van der Waals surface area contributed by atoms with Crippen LogP contribution in [0.15, 0.2) is 71.6 Å². The Hall–Kier alpha value is -2.90. The molecule has 7 heteroatoms. The molecule has 30 heavy (non-hydrogen) atoms. The predicted octanol–water partition coefficient (Wildman–Crippen LogP) is 3.47. The van der Waals surface area contributed by atoms with Gasteiger partial charge >= 0.3 is 0 Å². The van der Waals surface area contributed by atoms with Crippen molar-refractivity contribution in [3.05, 3.63) is 72.3 Å². The maximum absolute atomic E-state index is 12.9. The zero-order valence-electron chi connectivity index (χ0n) is 17.3. The molecule has 0 bridgehead atoms. The van der Waals surface area contributed by atoms with E-state index in [-0.39, 0.29) is 16.7 Å². The molecule has 0 aliphatic heterocycles. The van der Waals surface area contributed by atoms with E-state index in [2.05, 4.69) is 10.0 Å². The molecule has 3 aromatic rings. The number of sulfonamides is 1. The largest absolute Gasteiger partial charge is 0.497 e. The first kappa shape index (κ1) is 21.8. The van der Waals surface area contributed by atoms with Gasteiger partial charge in [-0.3, -0.25) is 4.79 Å². The first-order valence-electron chi connectivity index (χ1n) is 9.72. The van der Waals surface area contributed by atoms with Crippen molar-refractivity contribution in [3.8, 4) is 5.75 Å². The SMILES string of the molecule is COc1ccc(CNC(=O)C(NS(=O)(=O)c2ccc3ccccc3c2)C(C)C)cc1. The normalized spacial score (nSPS) is 12.7. The molecule has 0 spiro atoms. The lowest BCUT2D eigenvalue weighted by Crippen LogP contribution is -2.49. The highest BCUT2D eigenvalue weighted by Crippen LogP contribution is 2.20. The number of hydrogen-bond acceptors (Lipinski definition) is 4. The zero-order chi connectivity index (χ0) is 21.7. The highest BCUT2D eigenvalue weighted by Gasteiger charge is 2.28. The second kappa shape index (κ2) is 9.28. The summed E-state index contributed by atoms with van der Waals surface area (Å²) in [5.41, 5.74) is 0.893. The van der Waals surface area contributed by atoms with E-state index in [0.717, 1.165) is 22.1 Å². The molecule has 1 amide bonds. The van der Waals surface area contributed by atoms with Crippen molar-refractivity contribution in [1.29, 1.82) is 0 Å². The third kappa shape index (κ3) is 5.17. The molecule has 0 aromatic heterocycles. The molecule has 158 valence electrons. The summed E-state index contributed by atoms with van der Waals surface area (Å²) in [5.74, 6) is 0.134. The third-order valence-electron chi connectivity index (χ3n) is 4.89. The van der Waals surface area contributed by atoms with Crippen LogP contribution in [0, 0.1) is 5.92 Å². The van der Waals surface area contributed by atoms with Crippen molar-refractivity contribution >= 4 is 26.7 Å². The van der Waals surface area contributed by atoms with E-state index in [1.807, 2.05) is 48.5 Å². The summed E-state index contributed by atoms with van der Waals surface area (Å²) in [5, 5.41) is 4.59. The summed E-state index contributed by atoms with van der Waals surface area (Å²) >= 11 is 0. The minimum atomic E-state index is -3.86. The predicted molar refractivity (Wildman–Crippen MR) is 118 cm³/mol. The van der Waals surface area contributed by atoms with Crippen LogP contribution in [0.25, 0.3) is 10.8 Å². The number of amides is 1. The number of carbonyl (C=O) groups excluding carboxylic acids is 1. The molecule has 6 nitrogen and oxygen atoms in total. The highest BCUT2D eigenvalue weighted by molar-refractivity contribution is 7.89. The lowest BCUT2D eigenvalue weighted by atomic mass is 10.0. The number of fused-ring (bicyclic) bond motifs is 1. The van der Waals surface area contributed by atoms with Crippen molar-refractivity contribution in [1.82, 2.24) is 10.0 Å². The molecule has 0 aliphatic rings. The lowest BCUT2D eigenvalue weighted by Gasteiger charge is -2.22. The second-order valence-corrected chi connectivity index (χ2v) is 9.13. The van der Waals surface area contributed by atoms with Crippen LogP contribution in [0.4, 0.5) is 0 Å². The smallest absolute Gasteiger partial charge is 0.241 e. The molecule has 0 radical (unpaired) electrons. The van der Waals surface area contributed by atoms with Crippen LogP contribution < -0.4 is 14.8 Å². The Morgan fingerprint density at radius 3 is 2.27 bits per heavy atom. The molecule has 1 unspecified atom stereocenters. The van der Waals surface area contributed by atoms with Crippen molar-refractivity contribution in [2.75, 3.05) is 7.11 Å². The van der Waals surface area contributed by atoms with Gasteiger partial charge in [0.1, 0.15) is 11.8 Å². The average molecular weight is 427 g/mol. The summed E-state index contributed by atoms with van der Waals surface area (Å²) in [6.07, 6.45) is 0. The summed E-state index contributed by atoms with van der Waals surface area (Å²) < 4.78 is 33.6. The van der Waals surface area contributed by atoms with Gasteiger partial charge < -0.3 is 10.1 Å². The molecule has 1 atom stereocenters. The second-order valence-electron chi connectivity index (χ2n) is 7.42. The highest BCUT2D eigenvalue weighted by atomic mass is 32.2. The Labute approximate surface area is 177 Å². The molecule has 0 saturated carbocycles. The molecular weight excluding hydrogens is 400 g/mol. The lowest BCUT2D eigenvalue weighted by molar-refractivity contribution is -0.123. The number of rotatable bonds is 8. The number of benzene rings is 3. The van der Waals surface area contributed by atoms with Gasteiger partial charge in [0.15, 0.2) is 0 Å². The summed E-state index contributed by atoms with van der Waals surface area (Å²) in [4.78, 5) is 12.9. The molecular formula is C23H26N2O4S. The van der Waals surface area contributed by atoms with E-state index in [9.17, 15) is 13.2 Å². The van der Waals surface area contributed by atoms with Gasteiger partial charge in [0.05, 0.1) is 12.0 Å². The van der Waals surface area contributed by atoms with E-state index in [4.69, 9.17) is 4.74 Å². The third-order valence-corrected chi connectivity index (χ3v) is 6.33. The Morgan fingerprint density at radius 2 is 1.63 bits per heavy atom. The first-order chi connectivity index (χ1) is 14.3. The summed E-state index contributed by atoms with van der Waals surface area (Å²) in [7, 11) is -2.27. The fraction of sp³-hybridized carbons (Fsp3) is 0.261. The quantitative estimate of drug-likeness (QED) is 0.578. The van der Waals surface area contributed by atoms with Crippen LogP contribution >= 0.6 is 0 Å². The van der Waals surface area contributed by atoms with Crippen LogP contribution in [-0.4, -0.2) is 27.5 Å². The monoisotopic (exact) mass is 426 g/mol. The molecule has 0 aliphatic carbocycles. The van der Waals surface area contributed by atoms with Crippen molar-refractivity contribution < 1.29 is 17.9 Å². The van der Waals surface area contributed by atoms with Gasteiger partial charge in [-0.15, -0.1) is 0 Å². The van der Waals surface area contributed by atoms with Crippen molar-refractivity contribution in [2.45, 2.75) is 31.3 Å². The fourth-order valence-electron chi connectivity index (χ4n) is 3.10.